The van der Waals surface area contributed by atoms with Crippen LogP contribution in [0.25, 0.3) is 0 Å². The Morgan fingerprint density at radius 3 is 2.50 bits per heavy atom. The van der Waals surface area contributed by atoms with Gasteiger partial charge in [-0.15, -0.1) is 0 Å². The molecule has 14 heavy (non-hydrogen) atoms. The summed E-state index contributed by atoms with van der Waals surface area (Å²) < 4.78 is 4.88. The van der Waals surface area contributed by atoms with Gasteiger partial charge in [0.1, 0.15) is 0 Å². The molecular weight excluding hydrogens is 180 g/mol. The smallest absolute Gasteiger partial charge is 0.311 e. The van der Waals surface area contributed by atoms with Crippen molar-refractivity contribution in [2.75, 3.05) is 6.61 Å². The molecule has 0 aromatic heterocycles. The molecule has 1 N–H and O–H groups in total. The molecule has 3 nitrogen and oxygen atoms in total. The monoisotopic (exact) mass is 198 g/mol. The van der Waals surface area contributed by atoms with Crippen LogP contribution in [0.3, 0.4) is 0 Å². The Balaban J connectivity index is 1.92. The topological polar surface area (TPSA) is 46.5 Å². The third-order valence-corrected chi connectivity index (χ3v) is 3.52. The number of aliphatic hydroxyl groups is 1. The molecule has 0 radical (unpaired) electrons. The lowest BCUT2D eigenvalue weighted by Crippen LogP contribution is -2.33. The molecule has 1 saturated carbocycles. The molecule has 80 valence electrons. The minimum Gasteiger partial charge on any atom is -0.465 e. The molecule has 0 aromatic rings. The van der Waals surface area contributed by atoms with Gasteiger partial charge in [0, 0.05) is 0 Å². The Morgan fingerprint density at radius 1 is 1.21 bits per heavy atom. The number of carbonyl (C=O) groups is 1. The van der Waals surface area contributed by atoms with E-state index in [1.165, 1.54) is 19.3 Å². The van der Waals surface area contributed by atoms with Crippen molar-refractivity contribution in [3.63, 3.8) is 0 Å². The quantitative estimate of drug-likeness (QED) is 0.684. The average molecular weight is 198 g/mol. The highest BCUT2D eigenvalue weighted by Crippen LogP contribution is 2.32. The van der Waals surface area contributed by atoms with Crippen LogP contribution in [0.1, 0.15) is 38.5 Å². The highest BCUT2D eigenvalue weighted by Gasteiger charge is 2.37. The number of rotatable bonds is 2. The molecule has 0 aromatic carbocycles. The predicted octanol–water partition coefficient (Wildman–Crippen LogP) is 1.49. The second-order valence-corrected chi connectivity index (χ2v) is 4.45. The first-order valence-electron chi connectivity index (χ1n) is 5.64. The summed E-state index contributed by atoms with van der Waals surface area (Å²) in [5, 5.41) is 10.0. The summed E-state index contributed by atoms with van der Waals surface area (Å²) in [6.07, 6.45) is 6.07. The lowest BCUT2D eigenvalue weighted by Gasteiger charge is -2.28. The second kappa shape index (κ2) is 4.30. The summed E-state index contributed by atoms with van der Waals surface area (Å²) in [5.41, 5.74) is 0. The maximum atomic E-state index is 11.3. The van der Waals surface area contributed by atoms with Gasteiger partial charge < -0.3 is 9.84 Å². The van der Waals surface area contributed by atoms with Crippen LogP contribution in [0.2, 0.25) is 0 Å². The first kappa shape index (κ1) is 9.97. The Morgan fingerprint density at radius 2 is 1.93 bits per heavy atom. The zero-order chi connectivity index (χ0) is 9.97. The van der Waals surface area contributed by atoms with Crippen LogP contribution in [0.5, 0.6) is 0 Å². The molecule has 0 amide bonds. The molecule has 1 aliphatic heterocycles. The van der Waals surface area contributed by atoms with Crippen molar-refractivity contribution in [1.82, 2.24) is 0 Å². The summed E-state index contributed by atoms with van der Waals surface area (Å²) in [4.78, 5) is 11.3. The van der Waals surface area contributed by atoms with Crippen LogP contribution in [0.15, 0.2) is 0 Å². The van der Waals surface area contributed by atoms with Gasteiger partial charge in [-0.05, 0) is 25.2 Å². The van der Waals surface area contributed by atoms with Crippen molar-refractivity contribution in [3.8, 4) is 0 Å². The van der Waals surface area contributed by atoms with Gasteiger partial charge in [0.2, 0.25) is 0 Å². The van der Waals surface area contributed by atoms with Crippen LogP contribution in [0, 0.1) is 11.8 Å². The second-order valence-electron chi connectivity index (χ2n) is 4.45. The zero-order valence-corrected chi connectivity index (χ0v) is 8.45. The first-order valence-corrected chi connectivity index (χ1v) is 5.64. The standard InChI is InChI=1S/C11H18O3/c12-10(8-4-2-1-3-5-8)9-6-7-14-11(9)13/h8-10,12H,1-7H2. The van der Waals surface area contributed by atoms with E-state index in [1.807, 2.05) is 0 Å². The molecular formula is C11H18O3. The van der Waals surface area contributed by atoms with E-state index in [0.717, 1.165) is 12.8 Å². The number of aliphatic hydroxyl groups excluding tert-OH is 1. The summed E-state index contributed by atoms with van der Waals surface area (Å²) in [7, 11) is 0. The third-order valence-electron chi connectivity index (χ3n) is 3.52. The molecule has 0 bridgehead atoms. The van der Waals surface area contributed by atoms with E-state index in [0.29, 0.717) is 18.9 Å². The van der Waals surface area contributed by atoms with Gasteiger partial charge in [0.05, 0.1) is 18.6 Å². The molecule has 1 aliphatic carbocycles. The summed E-state index contributed by atoms with van der Waals surface area (Å²) in [5.74, 6) is -0.0967. The van der Waals surface area contributed by atoms with Gasteiger partial charge in [0.15, 0.2) is 0 Å². The van der Waals surface area contributed by atoms with E-state index in [-0.39, 0.29) is 11.9 Å². The number of hydrogen-bond acceptors (Lipinski definition) is 3. The van der Waals surface area contributed by atoms with Crippen LogP contribution >= 0.6 is 0 Å². The minimum atomic E-state index is -0.453. The molecule has 2 aliphatic rings. The molecule has 3 heteroatoms. The van der Waals surface area contributed by atoms with Gasteiger partial charge in [-0.25, -0.2) is 0 Å². The van der Waals surface area contributed by atoms with Gasteiger partial charge in [-0.3, -0.25) is 4.79 Å². The van der Waals surface area contributed by atoms with Crippen LogP contribution in [-0.4, -0.2) is 23.8 Å². The van der Waals surface area contributed by atoms with E-state index < -0.39 is 6.10 Å². The van der Waals surface area contributed by atoms with E-state index in [9.17, 15) is 9.90 Å². The molecule has 2 fully saturated rings. The fourth-order valence-electron chi connectivity index (χ4n) is 2.63. The lowest BCUT2D eigenvalue weighted by molar-refractivity contribution is -0.145. The lowest BCUT2D eigenvalue weighted by atomic mass is 9.80. The zero-order valence-electron chi connectivity index (χ0n) is 8.45. The largest absolute Gasteiger partial charge is 0.465 e. The average Bonchev–Trinajstić information content (AvgIpc) is 2.65. The van der Waals surface area contributed by atoms with Crippen molar-refractivity contribution in [2.45, 2.75) is 44.6 Å². The number of hydrogen-bond donors (Lipinski definition) is 1. The maximum absolute atomic E-state index is 11.3. The molecule has 1 saturated heterocycles. The highest BCUT2D eigenvalue weighted by molar-refractivity contribution is 5.74. The Hall–Kier alpha value is -0.570. The van der Waals surface area contributed by atoms with Crippen molar-refractivity contribution in [1.29, 1.82) is 0 Å². The van der Waals surface area contributed by atoms with Gasteiger partial charge in [0.25, 0.3) is 0 Å². The van der Waals surface area contributed by atoms with E-state index in [4.69, 9.17) is 4.74 Å². The Labute approximate surface area is 84.4 Å². The van der Waals surface area contributed by atoms with E-state index >= 15 is 0 Å². The van der Waals surface area contributed by atoms with Crippen molar-refractivity contribution in [3.05, 3.63) is 0 Å². The number of ether oxygens (including phenoxy) is 1. The van der Waals surface area contributed by atoms with Crippen molar-refractivity contribution in [2.24, 2.45) is 11.8 Å². The summed E-state index contributed by atoms with van der Waals surface area (Å²) in [6, 6.07) is 0. The molecule has 2 unspecified atom stereocenters. The first-order chi connectivity index (χ1) is 6.79. The minimum absolute atomic E-state index is 0.192. The molecule has 1 heterocycles. The van der Waals surface area contributed by atoms with Crippen LogP contribution < -0.4 is 0 Å². The van der Waals surface area contributed by atoms with Crippen molar-refractivity contribution >= 4 is 5.97 Å². The maximum Gasteiger partial charge on any atom is 0.311 e. The number of cyclic esters (lactones) is 1. The van der Waals surface area contributed by atoms with Gasteiger partial charge in [-0.2, -0.15) is 0 Å². The fraction of sp³-hybridized carbons (Fsp3) is 0.909. The fourth-order valence-corrected chi connectivity index (χ4v) is 2.63. The van der Waals surface area contributed by atoms with Gasteiger partial charge in [-0.1, -0.05) is 19.3 Å². The summed E-state index contributed by atoms with van der Waals surface area (Å²) in [6.45, 7) is 0.493. The summed E-state index contributed by atoms with van der Waals surface area (Å²) >= 11 is 0. The predicted molar refractivity (Wildman–Crippen MR) is 51.6 cm³/mol. The highest BCUT2D eigenvalue weighted by atomic mass is 16.5. The van der Waals surface area contributed by atoms with E-state index in [1.54, 1.807) is 0 Å². The molecule has 2 atom stereocenters. The van der Waals surface area contributed by atoms with E-state index in [2.05, 4.69) is 0 Å². The molecule has 0 spiro atoms. The number of carbonyl (C=O) groups excluding carboxylic acids is 1. The normalized spacial score (nSPS) is 31.5. The third kappa shape index (κ3) is 1.92. The Kier molecular flexibility index (Phi) is 3.06. The number of esters is 1. The van der Waals surface area contributed by atoms with Crippen molar-refractivity contribution < 1.29 is 14.6 Å². The Bertz CT molecular complexity index is 209. The van der Waals surface area contributed by atoms with Crippen LogP contribution in [-0.2, 0) is 9.53 Å². The molecule has 2 rings (SSSR count). The van der Waals surface area contributed by atoms with Crippen LogP contribution in [0.4, 0.5) is 0 Å². The van der Waals surface area contributed by atoms with Gasteiger partial charge >= 0.3 is 5.97 Å². The SMILES string of the molecule is O=C1OCCC1C(O)C1CCCCC1.